The maximum atomic E-state index is 14.1. The molecule has 5 nitrogen and oxygen atoms in total. The fraction of sp³-hybridized carbons (Fsp3) is 0.150. The Kier molecular flexibility index (Phi) is 5.61. The molecule has 0 saturated carbocycles. The summed E-state index contributed by atoms with van der Waals surface area (Å²) in [5.74, 6) is -1.34. The number of esters is 1. The lowest BCUT2D eigenvalue weighted by molar-refractivity contribution is -0.115. The number of amides is 1. The molecule has 0 fully saturated rings. The van der Waals surface area contributed by atoms with Crippen molar-refractivity contribution in [1.29, 1.82) is 0 Å². The van der Waals surface area contributed by atoms with Crippen molar-refractivity contribution in [1.82, 2.24) is 4.98 Å². The molecule has 0 unspecified atom stereocenters. The number of benzene rings is 2. The maximum absolute atomic E-state index is 14.1. The van der Waals surface area contributed by atoms with Crippen LogP contribution in [0, 0.1) is 12.7 Å². The number of ether oxygens (including phenoxy) is 1. The van der Waals surface area contributed by atoms with E-state index in [2.05, 4.69) is 4.98 Å². The van der Waals surface area contributed by atoms with Crippen LogP contribution in [0.1, 0.15) is 28.5 Å². The molecular formula is C20H17FN2O3S. The molecule has 7 heteroatoms. The molecule has 0 atom stereocenters. The molecule has 2 aromatic carbocycles. The van der Waals surface area contributed by atoms with E-state index in [4.69, 9.17) is 4.74 Å². The molecule has 0 radical (unpaired) electrons. The van der Waals surface area contributed by atoms with Crippen molar-refractivity contribution in [2.45, 2.75) is 20.5 Å². The van der Waals surface area contributed by atoms with E-state index in [0.29, 0.717) is 16.4 Å². The summed E-state index contributed by atoms with van der Waals surface area (Å²) in [5.41, 5.74) is 2.11. The van der Waals surface area contributed by atoms with Gasteiger partial charge in [0.2, 0.25) is 5.91 Å². The molecule has 138 valence electrons. The van der Waals surface area contributed by atoms with Gasteiger partial charge in [-0.05, 0) is 31.2 Å². The molecule has 27 heavy (non-hydrogen) atoms. The number of aromatic nitrogens is 1. The van der Waals surface area contributed by atoms with Gasteiger partial charge < -0.3 is 4.74 Å². The fourth-order valence-electron chi connectivity index (χ4n) is 2.42. The first kappa shape index (κ1) is 18.7. The molecule has 3 rings (SSSR count). The molecule has 0 aliphatic heterocycles. The van der Waals surface area contributed by atoms with Crippen LogP contribution in [0.25, 0.3) is 0 Å². The number of hydrogen-bond donors (Lipinski definition) is 0. The summed E-state index contributed by atoms with van der Waals surface area (Å²) in [5, 5.41) is 1.99. The molecule has 0 N–H and O–H groups in total. The predicted octanol–water partition coefficient (Wildman–Crippen LogP) is 4.63. The predicted molar refractivity (Wildman–Crippen MR) is 102 cm³/mol. The number of anilines is 2. The average molecular weight is 384 g/mol. The Balaban J connectivity index is 1.73. The zero-order valence-electron chi connectivity index (χ0n) is 14.8. The van der Waals surface area contributed by atoms with E-state index in [9.17, 15) is 14.0 Å². The third-order valence-electron chi connectivity index (χ3n) is 3.78. The monoisotopic (exact) mass is 384 g/mol. The highest BCUT2D eigenvalue weighted by molar-refractivity contribution is 7.14. The van der Waals surface area contributed by atoms with Gasteiger partial charge in [-0.15, -0.1) is 11.3 Å². The summed E-state index contributed by atoms with van der Waals surface area (Å²) in [6.07, 6.45) is 0. The zero-order valence-corrected chi connectivity index (χ0v) is 15.6. The number of rotatable bonds is 5. The molecule has 0 spiro atoms. The Morgan fingerprint density at radius 2 is 1.85 bits per heavy atom. The van der Waals surface area contributed by atoms with Crippen LogP contribution in [0.5, 0.6) is 0 Å². The fourth-order valence-corrected chi connectivity index (χ4v) is 3.28. The van der Waals surface area contributed by atoms with E-state index >= 15 is 0 Å². The molecule has 1 amide bonds. The SMILES string of the molecule is CC(=O)N(c1nc(COC(=O)c2ccc(C)cc2)cs1)c1ccccc1F. The summed E-state index contributed by atoms with van der Waals surface area (Å²) >= 11 is 1.17. The van der Waals surface area contributed by atoms with Gasteiger partial charge in [0.15, 0.2) is 5.13 Å². The zero-order chi connectivity index (χ0) is 19.4. The van der Waals surface area contributed by atoms with Crippen molar-refractivity contribution in [2.75, 3.05) is 4.90 Å². The van der Waals surface area contributed by atoms with Crippen LogP contribution < -0.4 is 4.90 Å². The van der Waals surface area contributed by atoms with E-state index in [1.54, 1.807) is 29.6 Å². The van der Waals surface area contributed by atoms with Crippen molar-refractivity contribution in [3.05, 3.63) is 76.5 Å². The van der Waals surface area contributed by atoms with Crippen LogP contribution in [-0.4, -0.2) is 16.9 Å². The van der Waals surface area contributed by atoms with Crippen molar-refractivity contribution in [3.63, 3.8) is 0 Å². The third kappa shape index (κ3) is 4.38. The Hall–Kier alpha value is -3.06. The van der Waals surface area contributed by atoms with Gasteiger partial charge in [0.1, 0.15) is 12.4 Å². The van der Waals surface area contributed by atoms with Gasteiger partial charge in [-0.1, -0.05) is 29.8 Å². The largest absolute Gasteiger partial charge is 0.456 e. The lowest BCUT2D eigenvalue weighted by Gasteiger charge is -2.18. The summed E-state index contributed by atoms with van der Waals surface area (Å²) in [6, 6.07) is 13.0. The second kappa shape index (κ2) is 8.09. The van der Waals surface area contributed by atoms with Gasteiger partial charge in [-0.25, -0.2) is 14.2 Å². The quantitative estimate of drug-likeness (QED) is 0.602. The number of aryl methyl sites for hydroxylation is 1. The van der Waals surface area contributed by atoms with Crippen LogP contribution in [-0.2, 0) is 16.1 Å². The van der Waals surface area contributed by atoms with Crippen LogP contribution in [0.2, 0.25) is 0 Å². The van der Waals surface area contributed by atoms with Crippen LogP contribution >= 0.6 is 11.3 Å². The Morgan fingerprint density at radius 1 is 1.15 bits per heavy atom. The number of nitrogens with zero attached hydrogens (tertiary/aromatic N) is 2. The van der Waals surface area contributed by atoms with Gasteiger partial charge in [0.25, 0.3) is 0 Å². The van der Waals surface area contributed by atoms with Crippen molar-refractivity contribution >= 4 is 34.0 Å². The maximum Gasteiger partial charge on any atom is 0.338 e. The molecular weight excluding hydrogens is 367 g/mol. The number of thiazole rings is 1. The Labute approximate surface area is 160 Å². The van der Waals surface area contributed by atoms with E-state index in [0.717, 1.165) is 5.56 Å². The minimum Gasteiger partial charge on any atom is -0.456 e. The summed E-state index contributed by atoms with van der Waals surface area (Å²) < 4.78 is 19.3. The first-order valence-corrected chi connectivity index (χ1v) is 9.07. The molecule has 0 bridgehead atoms. The molecule has 1 heterocycles. The highest BCUT2D eigenvalue weighted by Crippen LogP contribution is 2.30. The van der Waals surface area contributed by atoms with E-state index in [1.165, 1.54) is 35.3 Å². The topological polar surface area (TPSA) is 59.5 Å². The first-order chi connectivity index (χ1) is 13.0. The van der Waals surface area contributed by atoms with Crippen LogP contribution in [0.3, 0.4) is 0 Å². The molecule has 0 saturated heterocycles. The Bertz CT molecular complexity index is 969. The minimum atomic E-state index is -0.518. The number of halogens is 1. The minimum absolute atomic E-state index is 0.0355. The molecule has 1 aromatic heterocycles. The third-order valence-corrected chi connectivity index (χ3v) is 4.65. The van der Waals surface area contributed by atoms with Gasteiger partial charge in [0, 0.05) is 12.3 Å². The highest BCUT2D eigenvalue weighted by atomic mass is 32.1. The van der Waals surface area contributed by atoms with Crippen molar-refractivity contribution in [3.8, 4) is 0 Å². The van der Waals surface area contributed by atoms with Crippen LogP contribution in [0.15, 0.2) is 53.9 Å². The number of hydrogen-bond acceptors (Lipinski definition) is 5. The second-order valence-corrected chi connectivity index (χ2v) is 6.71. The number of carbonyl (C=O) groups is 2. The summed E-state index contributed by atoms with van der Waals surface area (Å²) in [4.78, 5) is 29.6. The average Bonchev–Trinajstić information content (AvgIpc) is 3.10. The normalized spacial score (nSPS) is 10.5. The summed E-state index contributed by atoms with van der Waals surface area (Å²) in [6.45, 7) is 3.24. The lowest BCUT2D eigenvalue weighted by Crippen LogP contribution is -2.23. The van der Waals surface area contributed by atoms with E-state index in [-0.39, 0.29) is 18.2 Å². The second-order valence-electron chi connectivity index (χ2n) is 5.87. The van der Waals surface area contributed by atoms with Gasteiger partial charge in [0.05, 0.1) is 16.9 Å². The molecule has 0 aliphatic carbocycles. The van der Waals surface area contributed by atoms with E-state index < -0.39 is 11.8 Å². The smallest absolute Gasteiger partial charge is 0.338 e. The molecule has 3 aromatic rings. The standard InChI is InChI=1S/C20H17FN2O3S/c1-13-7-9-15(10-8-13)19(25)26-11-16-12-27-20(22-16)23(14(2)24)18-6-4-3-5-17(18)21/h3-10,12H,11H2,1-2H3. The summed E-state index contributed by atoms with van der Waals surface area (Å²) in [7, 11) is 0. The van der Waals surface area contributed by atoms with Gasteiger partial charge in [-0.2, -0.15) is 0 Å². The molecule has 0 aliphatic rings. The first-order valence-electron chi connectivity index (χ1n) is 8.19. The van der Waals surface area contributed by atoms with Crippen molar-refractivity contribution < 1.29 is 18.7 Å². The van der Waals surface area contributed by atoms with Gasteiger partial charge in [-0.3, -0.25) is 9.69 Å². The number of carbonyl (C=O) groups excluding carboxylic acids is 2. The Morgan fingerprint density at radius 3 is 2.52 bits per heavy atom. The highest BCUT2D eigenvalue weighted by Gasteiger charge is 2.21. The lowest BCUT2D eigenvalue weighted by atomic mass is 10.1. The van der Waals surface area contributed by atoms with E-state index in [1.807, 2.05) is 19.1 Å². The van der Waals surface area contributed by atoms with Crippen molar-refractivity contribution in [2.24, 2.45) is 0 Å². The number of para-hydroxylation sites is 1. The van der Waals surface area contributed by atoms with Crippen LogP contribution in [0.4, 0.5) is 15.2 Å². The van der Waals surface area contributed by atoms with Gasteiger partial charge >= 0.3 is 5.97 Å².